The molecule has 3 aromatic carbocycles. The minimum Gasteiger partial charge on any atom is -0.497 e. The third-order valence-electron chi connectivity index (χ3n) is 6.75. The molecule has 0 bridgehead atoms. The van der Waals surface area contributed by atoms with Gasteiger partial charge in [0, 0.05) is 18.7 Å². The molecule has 0 N–H and O–H groups in total. The predicted molar refractivity (Wildman–Crippen MR) is 157 cm³/mol. The van der Waals surface area contributed by atoms with Crippen LogP contribution < -0.4 is 14.5 Å². The van der Waals surface area contributed by atoms with Crippen LogP contribution in [0.3, 0.4) is 0 Å². The summed E-state index contributed by atoms with van der Waals surface area (Å²) in [6.07, 6.45) is 3.43. The number of carbonyl (C=O) groups is 1. The maximum atomic E-state index is 13.7. The van der Waals surface area contributed by atoms with E-state index >= 15 is 0 Å². The molecule has 1 aliphatic heterocycles. The van der Waals surface area contributed by atoms with E-state index in [4.69, 9.17) is 9.47 Å². The van der Waals surface area contributed by atoms with Crippen molar-refractivity contribution < 1.29 is 22.7 Å². The third kappa shape index (κ3) is 5.86. The number of thiazole rings is 1. The number of rotatable bonds is 8. The summed E-state index contributed by atoms with van der Waals surface area (Å²) in [6.45, 7) is 3.06. The molecule has 1 atom stereocenters. The van der Waals surface area contributed by atoms with Gasteiger partial charge < -0.3 is 9.47 Å². The number of nitrogens with zero attached hydrogens (tertiary/aromatic N) is 4. The Morgan fingerprint density at radius 2 is 1.75 bits per heavy atom. The summed E-state index contributed by atoms with van der Waals surface area (Å²) in [7, 11) is -0.456. The van der Waals surface area contributed by atoms with Gasteiger partial charge in [0.05, 0.1) is 35.5 Å². The lowest BCUT2D eigenvalue weighted by atomic mass is 10.0. The first-order valence-electron chi connectivity index (χ1n) is 12.9. The topological polar surface area (TPSA) is 101 Å². The number of hydrazone groups is 1. The number of hydrogen-bond acceptors (Lipinski definition) is 8. The van der Waals surface area contributed by atoms with Crippen molar-refractivity contribution in [2.24, 2.45) is 11.0 Å². The highest BCUT2D eigenvalue weighted by molar-refractivity contribution is 7.89. The number of piperidine rings is 1. The molecule has 1 aromatic heterocycles. The Morgan fingerprint density at radius 3 is 2.42 bits per heavy atom. The van der Waals surface area contributed by atoms with E-state index in [1.54, 1.807) is 38.6 Å². The molecule has 208 valence electrons. The van der Waals surface area contributed by atoms with E-state index in [1.165, 1.54) is 44.9 Å². The molecule has 2 heterocycles. The molecule has 1 aliphatic rings. The van der Waals surface area contributed by atoms with E-state index in [-0.39, 0.29) is 10.5 Å². The van der Waals surface area contributed by atoms with E-state index in [0.717, 1.165) is 23.1 Å². The van der Waals surface area contributed by atoms with E-state index in [1.807, 2.05) is 24.3 Å². The molecule has 9 nitrogen and oxygen atoms in total. The number of sulfonamides is 1. The highest BCUT2D eigenvalue weighted by Crippen LogP contribution is 2.33. The standard InChI is InChI=1S/C29H30N4O5S2/c1-20-5-4-16-32(19-20)40(35,36)25-13-8-22(9-14-25)28(34)33(30-18-21-6-10-23(37-2)11-7-21)29-31-26-15-12-24(38-3)17-27(26)39-29/h6-15,17-18,20H,4-5,16,19H2,1-3H3/b30-18+. The van der Waals surface area contributed by atoms with Gasteiger partial charge in [-0.2, -0.15) is 14.4 Å². The molecule has 0 saturated carbocycles. The van der Waals surface area contributed by atoms with Gasteiger partial charge in [-0.05, 0) is 91.1 Å². The summed E-state index contributed by atoms with van der Waals surface area (Å²) < 4.78 is 39.3. The molecule has 11 heteroatoms. The van der Waals surface area contributed by atoms with Crippen LogP contribution in [0.5, 0.6) is 11.5 Å². The quantitative estimate of drug-likeness (QED) is 0.205. The van der Waals surface area contributed by atoms with Gasteiger partial charge in [0.25, 0.3) is 5.91 Å². The van der Waals surface area contributed by atoms with Gasteiger partial charge >= 0.3 is 0 Å². The van der Waals surface area contributed by atoms with Crippen LogP contribution in [-0.4, -0.2) is 57.1 Å². The zero-order chi connectivity index (χ0) is 28.3. The van der Waals surface area contributed by atoms with E-state index < -0.39 is 15.9 Å². The first-order valence-corrected chi connectivity index (χ1v) is 15.1. The zero-order valence-electron chi connectivity index (χ0n) is 22.5. The first-order chi connectivity index (χ1) is 19.3. The van der Waals surface area contributed by atoms with Gasteiger partial charge in [-0.15, -0.1) is 0 Å². The number of amides is 1. The fourth-order valence-electron chi connectivity index (χ4n) is 4.52. The average Bonchev–Trinajstić information content (AvgIpc) is 3.40. The van der Waals surface area contributed by atoms with E-state index in [0.29, 0.717) is 41.2 Å². The molecule has 1 saturated heterocycles. The third-order valence-corrected chi connectivity index (χ3v) is 9.63. The van der Waals surface area contributed by atoms with Gasteiger partial charge in [0.2, 0.25) is 15.2 Å². The van der Waals surface area contributed by atoms with Crippen LogP contribution in [0.4, 0.5) is 5.13 Å². The zero-order valence-corrected chi connectivity index (χ0v) is 24.1. The van der Waals surface area contributed by atoms with Crippen molar-refractivity contribution in [2.75, 3.05) is 32.3 Å². The van der Waals surface area contributed by atoms with Crippen molar-refractivity contribution >= 4 is 48.8 Å². The van der Waals surface area contributed by atoms with Crippen molar-refractivity contribution in [1.29, 1.82) is 0 Å². The molecule has 5 rings (SSSR count). The van der Waals surface area contributed by atoms with Crippen LogP contribution in [0.2, 0.25) is 0 Å². The molecular formula is C29H30N4O5S2. The number of carbonyl (C=O) groups excluding carboxylic acids is 1. The number of ether oxygens (including phenoxy) is 2. The number of aromatic nitrogens is 1. The fourth-order valence-corrected chi connectivity index (χ4v) is 7.07. The van der Waals surface area contributed by atoms with Crippen molar-refractivity contribution in [3.05, 3.63) is 77.9 Å². The highest BCUT2D eigenvalue weighted by atomic mass is 32.2. The number of hydrogen-bond donors (Lipinski definition) is 0. The van der Waals surface area contributed by atoms with Gasteiger partial charge in [-0.1, -0.05) is 18.3 Å². The second-order valence-electron chi connectivity index (χ2n) is 9.60. The molecular weight excluding hydrogens is 548 g/mol. The minimum atomic E-state index is -3.64. The minimum absolute atomic E-state index is 0.165. The molecule has 1 amide bonds. The smallest absolute Gasteiger partial charge is 0.280 e. The second kappa shape index (κ2) is 11.7. The number of anilines is 1. The Balaban J connectivity index is 1.47. The SMILES string of the molecule is COc1ccc(/C=N/N(C(=O)c2ccc(S(=O)(=O)N3CCCC(C)C3)cc2)c2nc3ccc(OC)cc3s2)cc1. The Bertz CT molecular complexity index is 1630. The number of methoxy groups -OCH3 is 2. The fraction of sp³-hybridized carbons (Fsp3) is 0.276. The summed E-state index contributed by atoms with van der Waals surface area (Å²) in [5.74, 6) is 1.27. The van der Waals surface area contributed by atoms with Gasteiger partial charge in [0.1, 0.15) is 11.5 Å². The first kappa shape index (κ1) is 27.8. The lowest BCUT2D eigenvalue weighted by Crippen LogP contribution is -2.39. The van der Waals surface area contributed by atoms with Crippen molar-refractivity contribution in [2.45, 2.75) is 24.7 Å². The summed E-state index contributed by atoms with van der Waals surface area (Å²) >= 11 is 1.30. The summed E-state index contributed by atoms with van der Waals surface area (Å²) in [4.78, 5) is 18.5. The molecule has 1 fully saturated rings. The number of benzene rings is 3. The van der Waals surface area contributed by atoms with Crippen LogP contribution in [0, 0.1) is 5.92 Å². The van der Waals surface area contributed by atoms with Crippen LogP contribution in [-0.2, 0) is 10.0 Å². The second-order valence-corrected chi connectivity index (χ2v) is 12.5. The highest BCUT2D eigenvalue weighted by Gasteiger charge is 2.29. The summed E-state index contributed by atoms with van der Waals surface area (Å²) in [6, 6.07) is 18.8. The maximum Gasteiger partial charge on any atom is 0.280 e. The Hall–Kier alpha value is -3.80. The maximum absolute atomic E-state index is 13.7. The van der Waals surface area contributed by atoms with Crippen LogP contribution >= 0.6 is 11.3 Å². The Labute approximate surface area is 237 Å². The molecule has 4 aromatic rings. The van der Waals surface area contributed by atoms with Crippen LogP contribution in [0.1, 0.15) is 35.7 Å². The lowest BCUT2D eigenvalue weighted by molar-refractivity contribution is 0.0987. The van der Waals surface area contributed by atoms with E-state index in [9.17, 15) is 13.2 Å². The summed E-state index contributed by atoms with van der Waals surface area (Å²) in [5.41, 5.74) is 1.75. The molecule has 0 radical (unpaired) electrons. The van der Waals surface area contributed by atoms with Crippen LogP contribution in [0.15, 0.2) is 76.7 Å². The molecule has 0 aliphatic carbocycles. The average molecular weight is 579 g/mol. The normalized spacial score (nSPS) is 16.3. The molecule has 1 unspecified atom stereocenters. The Kier molecular flexibility index (Phi) is 8.15. The van der Waals surface area contributed by atoms with Gasteiger partial charge in [0.15, 0.2) is 0 Å². The van der Waals surface area contributed by atoms with Crippen molar-refractivity contribution in [1.82, 2.24) is 9.29 Å². The van der Waals surface area contributed by atoms with Crippen LogP contribution in [0.25, 0.3) is 10.2 Å². The number of fused-ring (bicyclic) bond motifs is 1. The summed E-state index contributed by atoms with van der Waals surface area (Å²) in [5, 5.41) is 6.10. The largest absolute Gasteiger partial charge is 0.497 e. The van der Waals surface area contributed by atoms with Crippen molar-refractivity contribution in [3.8, 4) is 11.5 Å². The monoisotopic (exact) mass is 578 g/mol. The van der Waals surface area contributed by atoms with E-state index in [2.05, 4.69) is 17.0 Å². The molecule has 0 spiro atoms. The molecule has 40 heavy (non-hydrogen) atoms. The predicted octanol–water partition coefficient (Wildman–Crippen LogP) is 5.42. The van der Waals surface area contributed by atoms with Crippen molar-refractivity contribution in [3.63, 3.8) is 0 Å². The Morgan fingerprint density at radius 1 is 1.05 bits per heavy atom. The lowest BCUT2D eigenvalue weighted by Gasteiger charge is -2.30. The van der Waals surface area contributed by atoms with Gasteiger partial charge in [-0.3, -0.25) is 4.79 Å². The van der Waals surface area contributed by atoms with Gasteiger partial charge in [-0.25, -0.2) is 13.4 Å².